The Bertz CT molecular complexity index is 813. The summed E-state index contributed by atoms with van der Waals surface area (Å²) in [6.07, 6.45) is 2.70. The first-order valence-electron chi connectivity index (χ1n) is 8.82. The molecule has 136 valence electrons. The van der Waals surface area contributed by atoms with Crippen molar-refractivity contribution >= 4 is 33.5 Å². The van der Waals surface area contributed by atoms with Gasteiger partial charge < -0.3 is 10.4 Å². The van der Waals surface area contributed by atoms with Gasteiger partial charge >= 0.3 is 5.97 Å². The van der Waals surface area contributed by atoms with E-state index >= 15 is 0 Å². The topological polar surface area (TPSA) is 66.4 Å². The van der Waals surface area contributed by atoms with Crippen LogP contribution in [0.1, 0.15) is 41.9 Å². The van der Waals surface area contributed by atoms with Gasteiger partial charge in [0, 0.05) is 16.6 Å². The highest BCUT2D eigenvalue weighted by molar-refractivity contribution is 9.10. The van der Waals surface area contributed by atoms with Gasteiger partial charge in [-0.15, -0.1) is 0 Å². The van der Waals surface area contributed by atoms with Crippen LogP contribution in [0.4, 0.5) is 5.69 Å². The molecule has 2 aromatic carbocycles. The van der Waals surface area contributed by atoms with Gasteiger partial charge in [0.1, 0.15) is 0 Å². The monoisotopic (exact) mass is 415 g/mol. The Labute approximate surface area is 161 Å². The van der Waals surface area contributed by atoms with E-state index < -0.39 is 5.97 Å². The first kappa shape index (κ1) is 18.6. The van der Waals surface area contributed by atoms with Crippen molar-refractivity contribution in [3.05, 3.63) is 63.6 Å². The standard InChI is InChI=1S/C21H22BrNO3/c1-13-14(9-12-19(24)25)3-2-4-18(13)23-21(26)20(15-5-6-15)16-7-10-17(22)11-8-16/h2-4,7-8,10-11,15,20H,5-6,9,12H2,1H3,(H,23,26)(H,24,25). The Hall–Kier alpha value is -2.14. The van der Waals surface area contributed by atoms with Crippen LogP contribution in [0.15, 0.2) is 46.9 Å². The van der Waals surface area contributed by atoms with Gasteiger partial charge in [0.05, 0.1) is 5.92 Å². The largest absolute Gasteiger partial charge is 0.481 e. The number of carbonyl (C=O) groups is 2. The summed E-state index contributed by atoms with van der Waals surface area (Å²) in [6.45, 7) is 1.93. The van der Waals surface area contributed by atoms with Crippen molar-refractivity contribution in [3.63, 3.8) is 0 Å². The maximum atomic E-state index is 13.0. The number of nitrogens with one attached hydrogen (secondary N) is 1. The number of amides is 1. The summed E-state index contributed by atoms with van der Waals surface area (Å²) in [6, 6.07) is 13.6. The lowest BCUT2D eigenvalue weighted by Crippen LogP contribution is -2.23. The predicted octanol–water partition coefficient (Wildman–Crippen LogP) is 4.91. The van der Waals surface area contributed by atoms with Gasteiger partial charge in [0.25, 0.3) is 0 Å². The zero-order valence-electron chi connectivity index (χ0n) is 14.7. The molecule has 26 heavy (non-hydrogen) atoms. The smallest absolute Gasteiger partial charge is 0.303 e. The molecule has 4 nitrogen and oxygen atoms in total. The van der Waals surface area contributed by atoms with Crippen molar-refractivity contribution in [2.24, 2.45) is 5.92 Å². The molecular weight excluding hydrogens is 394 g/mol. The lowest BCUT2D eigenvalue weighted by molar-refractivity contribution is -0.137. The number of aliphatic carboxylic acids is 1. The maximum Gasteiger partial charge on any atom is 0.303 e. The van der Waals surface area contributed by atoms with E-state index in [1.807, 2.05) is 49.4 Å². The summed E-state index contributed by atoms with van der Waals surface area (Å²) in [7, 11) is 0. The fourth-order valence-corrected chi connectivity index (χ4v) is 3.54. The molecule has 0 bridgehead atoms. The number of benzene rings is 2. The first-order valence-corrected chi connectivity index (χ1v) is 9.61. The average Bonchev–Trinajstić information content (AvgIpc) is 3.42. The zero-order valence-corrected chi connectivity index (χ0v) is 16.3. The molecule has 2 aromatic rings. The number of hydrogen-bond donors (Lipinski definition) is 2. The fraction of sp³-hybridized carbons (Fsp3) is 0.333. The SMILES string of the molecule is Cc1c(CCC(=O)O)cccc1NC(=O)C(c1ccc(Br)cc1)C1CC1. The molecule has 1 amide bonds. The van der Waals surface area contributed by atoms with Crippen LogP contribution in [0.2, 0.25) is 0 Å². The Balaban J connectivity index is 1.78. The molecule has 0 aromatic heterocycles. The van der Waals surface area contributed by atoms with Crippen LogP contribution < -0.4 is 5.32 Å². The van der Waals surface area contributed by atoms with Crippen molar-refractivity contribution in [3.8, 4) is 0 Å². The number of carboxylic acid groups (broad SMARTS) is 1. The number of halogens is 1. The molecule has 5 heteroatoms. The van der Waals surface area contributed by atoms with E-state index in [2.05, 4.69) is 21.2 Å². The van der Waals surface area contributed by atoms with Gasteiger partial charge in [-0.3, -0.25) is 9.59 Å². The molecule has 1 aliphatic rings. The van der Waals surface area contributed by atoms with Crippen molar-refractivity contribution in [2.45, 2.75) is 38.5 Å². The van der Waals surface area contributed by atoms with Crippen LogP contribution in [0.25, 0.3) is 0 Å². The second-order valence-corrected chi connectivity index (χ2v) is 7.76. The van der Waals surface area contributed by atoms with Crippen molar-refractivity contribution in [1.82, 2.24) is 0 Å². The van der Waals surface area contributed by atoms with Crippen molar-refractivity contribution in [1.29, 1.82) is 0 Å². The van der Waals surface area contributed by atoms with Crippen molar-refractivity contribution in [2.75, 3.05) is 5.32 Å². The van der Waals surface area contributed by atoms with Crippen LogP contribution in [0.3, 0.4) is 0 Å². The van der Waals surface area contributed by atoms with E-state index in [0.29, 0.717) is 12.3 Å². The van der Waals surface area contributed by atoms with Crippen LogP contribution in [0, 0.1) is 12.8 Å². The highest BCUT2D eigenvalue weighted by Gasteiger charge is 2.37. The molecular formula is C21H22BrNO3. The van der Waals surface area contributed by atoms with Crippen molar-refractivity contribution < 1.29 is 14.7 Å². The van der Waals surface area contributed by atoms with E-state index in [1.54, 1.807) is 0 Å². The molecule has 0 aliphatic heterocycles. The maximum absolute atomic E-state index is 13.0. The Morgan fingerprint density at radius 1 is 1.19 bits per heavy atom. The summed E-state index contributed by atoms with van der Waals surface area (Å²) in [5.41, 5.74) is 3.69. The van der Waals surface area contributed by atoms with Gasteiger partial charge in [-0.25, -0.2) is 0 Å². The van der Waals surface area contributed by atoms with Gasteiger partial charge in [0.2, 0.25) is 5.91 Å². The molecule has 3 rings (SSSR count). The second kappa shape index (κ2) is 8.04. The van der Waals surface area contributed by atoms with E-state index in [1.165, 1.54) is 0 Å². The summed E-state index contributed by atoms with van der Waals surface area (Å²) >= 11 is 3.44. The molecule has 0 saturated heterocycles. The summed E-state index contributed by atoms with van der Waals surface area (Å²) in [5.74, 6) is -0.562. The fourth-order valence-electron chi connectivity index (χ4n) is 3.28. The minimum Gasteiger partial charge on any atom is -0.481 e. The van der Waals surface area contributed by atoms with Crippen LogP contribution in [-0.4, -0.2) is 17.0 Å². The van der Waals surface area contributed by atoms with E-state index in [-0.39, 0.29) is 18.2 Å². The molecule has 1 fully saturated rings. The molecule has 1 saturated carbocycles. The number of anilines is 1. The van der Waals surface area contributed by atoms with E-state index in [0.717, 1.165) is 39.7 Å². The number of rotatable bonds is 7. The molecule has 0 radical (unpaired) electrons. The first-order chi connectivity index (χ1) is 12.5. The summed E-state index contributed by atoms with van der Waals surface area (Å²) < 4.78 is 0.998. The third-order valence-corrected chi connectivity index (χ3v) is 5.45. The minimum atomic E-state index is -0.817. The Morgan fingerprint density at radius 2 is 1.88 bits per heavy atom. The van der Waals surface area contributed by atoms with E-state index in [4.69, 9.17) is 5.11 Å². The highest BCUT2D eigenvalue weighted by Crippen LogP contribution is 2.43. The predicted molar refractivity (Wildman–Crippen MR) is 105 cm³/mol. The molecule has 0 heterocycles. The van der Waals surface area contributed by atoms with E-state index in [9.17, 15) is 9.59 Å². The molecule has 0 spiro atoms. The lowest BCUT2D eigenvalue weighted by atomic mass is 9.93. The van der Waals surface area contributed by atoms with Crippen LogP contribution in [0.5, 0.6) is 0 Å². The van der Waals surface area contributed by atoms with Gasteiger partial charge in [0.15, 0.2) is 0 Å². The lowest BCUT2D eigenvalue weighted by Gasteiger charge is -2.19. The van der Waals surface area contributed by atoms with Gasteiger partial charge in [-0.1, -0.05) is 40.2 Å². The minimum absolute atomic E-state index is 0.00769. The zero-order chi connectivity index (χ0) is 18.7. The Morgan fingerprint density at radius 3 is 2.50 bits per heavy atom. The van der Waals surface area contributed by atoms with Gasteiger partial charge in [-0.2, -0.15) is 0 Å². The third-order valence-electron chi connectivity index (χ3n) is 4.92. The normalized spacial score (nSPS) is 14.7. The molecule has 2 N–H and O–H groups in total. The number of aryl methyl sites for hydroxylation is 1. The van der Waals surface area contributed by atoms with Crippen LogP contribution >= 0.6 is 15.9 Å². The number of hydrogen-bond acceptors (Lipinski definition) is 2. The highest BCUT2D eigenvalue weighted by atomic mass is 79.9. The quantitative estimate of drug-likeness (QED) is 0.674. The summed E-state index contributed by atoms with van der Waals surface area (Å²) in [4.78, 5) is 23.8. The molecule has 1 atom stereocenters. The average molecular weight is 416 g/mol. The Kier molecular flexibility index (Phi) is 5.77. The van der Waals surface area contributed by atoms with Crippen LogP contribution in [-0.2, 0) is 16.0 Å². The third kappa shape index (κ3) is 4.52. The molecule has 1 unspecified atom stereocenters. The number of carboxylic acids is 1. The second-order valence-electron chi connectivity index (χ2n) is 6.84. The molecule has 1 aliphatic carbocycles. The summed E-state index contributed by atoms with van der Waals surface area (Å²) in [5, 5.41) is 12.0. The number of carbonyl (C=O) groups excluding carboxylic acids is 1. The van der Waals surface area contributed by atoms with Gasteiger partial charge in [-0.05, 0) is 67.0 Å².